The van der Waals surface area contributed by atoms with Gasteiger partial charge < -0.3 is 0 Å². The van der Waals surface area contributed by atoms with E-state index >= 15 is 0 Å². The summed E-state index contributed by atoms with van der Waals surface area (Å²) in [4.78, 5) is 0. The zero-order valence-electron chi connectivity index (χ0n) is 8.54. The Hall–Kier alpha value is -0.260. The van der Waals surface area contributed by atoms with Gasteiger partial charge in [-0.2, -0.15) is 0 Å². The van der Waals surface area contributed by atoms with E-state index in [1.807, 2.05) is 0 Å². The highest BCUT2D eigenvalue weighted by Crippen LogP contribution is 2.27. The molecule has 0 aliphatic rings. The molecule has 0 aliphatic carbocycles. The van der Waals surface area contributed by atoms with Crippen LogP contribution in [-0.4, -0.2) is 0 Å². The van der Waals surface area contributed by atoms with E-state index in [4.69, 9.17) is 0 Å². The molecule has 0 bridgehead atoms. The Kier molecular flexibility index (Phi) is 4.48. The van der Waals surface area contributed by atoms with Gasteiger partial charge in [0, 0.05) is 0 Å². The van der Waals surface area contributed by atoms with Gasteiger partial charge in [0.15, 0.2) is 0 Å². The molecule has 0 amide bonds. The molecule has 0 unspecified atom stereocenters. The molecule has 0 aliphatic heterocycles. The van der Waals surface area contributed by atoms with Gasteiger partial charge in [0.1, 0.15) is 0 Å². The molecule has 0 N–H and O–H groups in total. The van der Waals surface area contributed by atoms with Crippen molar-refractivity contribution >= 4 is 0 Å². The molecule has 0 heteroatoms. The molecule has 0 atom stereocenters. The van der Waals surface area contributed by atoms with Crippen LogP contribution in [0.4, 0.5) is 0 Å². The normalized spacial score (nSPS) is 11.6. The van der Waals surface area contributed by atoms with E-state index in [2.05, 4.69) is 34.3 Å². The van der Waals surface area contributed by atoms with Gasteiger partial charge in [-0.15, -0.1) is 6.58 Å². The molecule has 0 heterocycles. The fourth-order valence-electron chi connectivity index (χ4n) is 1.05. The molecule has 0 spiro atoms. The van der Waals surface area contributed by atoms with Crippen molar-refractivity contribution < 1.29 is 0 Å². The van der Waals surface area contributed by atoms with Gasteiger partial charge in [-0.25, -0.2) is 0 Å². The van der Waals surface area contributed by atoms with Gasteiger partial charge in [0.05, 0.1) is 0 Å². The first-order valence-electron chi connectivity index (χ1n) is 4.62. The third-order valence-electron chi connectivity index (χ3n) is 2.41. The van der Waals surface area contributed by atoms with E-state index in [1.54, 1.807) is 0 Å². The van der Waals surface area contributed by atoms with Crippen molar-refractivity contribution in [2.24, 2.45) is 5.41 Å². The second kappa shape index (κ2) is 4.58. The van der Waals surface area contributed by atoms with Gasteiger partial charge in [-0.1, -0.05) is 32.8 Å². The highest BCUT2D eigenvalue weighted by molar-refractivity contribution is 4.87. The zero-order chi connectivity index (χ0) is 8.91. The second-order valence-corrected chi connectivity index (χ2v) is 4.33. The summed E-state index contributed by atoms with van der Waals surface area (Å²) in [6, 6.07) is 0. The van der Waals surface area contributed by atoms with E-state index in [1.165, 1.54) is 31.3 Å². The Morgan fingerprint density at radius 3 is 2.27 bits per heavy atom. The lowest BCUT2D eigenvalue weighted by Gasteiger charge is -2.22. The van der Waals surface area contributed by atoms with E-state index < -0.39 is 0 Å². The molecule has 0 saturated carbocycles. The second-order valence-electron chi connectivity index (χ2n) is 4.33. The lowest BCUT2D eigenvalue weighted by Crippen LogP contribution is -2.08. The third-order valence-corrected chi connectivity index (χ3v) is 2.41. The van der Waals surface area contributed by atoms with Crippen LogP contribution in [0.15, 0.2) is 12.2 Å². The summed E-state index contributed by atoms with van der Waals surface area (Å²) >= 11 is 0. The van der Waals surface area contributed by atoms with E-state index in [0.717, 1.165) is 0 Å². The molecule has 0 saturated heterocycles. The molecule has 0 radical (unpaired) electrons. The van der Waals surface area contributed by atoms with Gasteiger partial charge in [0.25, 0.3) is 0 Å². The highest BCUT2D eigenvalue weighted by Gasteiger charge is 2.13. The van der Waals surface area contributed by atoms with Crippen LogP contribution in [-0.2, 0) is 0 Å². The SMILES string of the molecule is C=C(C)CCCC(C)(C)CC. The molecule has 0 rings (SSSR count). The third kappa shape index (κ3) is 6.15. The van der Waals surface area contributed by atoms with E-state index in [-0.39, 0.29) is 0 Å². The standard InChI is InChI=1S/C11H22/c1-6-11(4,5)9-7-8-10(2)3/h2,6-9H2,1,3-5H3. The predicted molar refractivity (Wildman–Crippen MR) is 52.7 cm³/mol. The first-order chi connectivity index (χ1) is 4.98. The van der Waals surface area contributed by atoms with Crippen molar-refractivity contribution in [3.05, 3.63) is 12.2 Å². The first kappa shape index (κ1) is 10.7. The largest absolute Gasteiger partial charge is 0.100 e. The van der Waals surface area contributed by atoms with Crippen molar-refractivity contribution in [1.29, 1.82) is 0 Å². The predicted octanol–water partition coefficient (Wildman–Crippen LogP) is 4.17. The van der Waals surface area contributed by atoms with E-state index in [0.29, 0.717) is 5.41 Å². The van der Waals surface area contributed by atoms with Crippen LogP contribution in [0.5, 0.6) is 0 Å². The fraction of sp³-hybridized carbons (Fsp3) is 0.818. The maximum Gasteiger partial charge on any atom is -0.0326 e. The summed E-state index contributed by atoms with van der Waals surface area (Å²) in [5, 5.41) is 0. The minimum absolute atomic E-state index is 0.537. The van der Waals surface area contributed by atoms with Crippen LogP contribution in [0.25, 0.3) is 0 Å². The maximum absolute atomic E-state index is 3.90. The summed E-state index contributed by atoms with van der Waals surface area (Å²) in [5.41, 5.74) is 1.85. The molecule has 66 valence electrons. The van der Waals surface area contributed by atoms with Crippen molar-refractivity contribution in [2.75, 3.05) is 0 Å². The van der Waals surface area contributed by atoms with Crippen molar-refractivity contribution in [1.82, 2.24) is 0 Å². The average molecular weight is 154 g/mol. The Morgan fingerprint density at radius 2 is 1.91 bits per heavy atom. The molecule has 0 aromatic rings. The van der Waals surface area contributed by atoms with Gasteiger partial charge in [-0.3, -0.25) is 0 Å². The number of allylic oxidation sites excluding steroid dienone is 1. The topological polar surface area (TPSA) is 0 Å². The Morgan fingerprint density at radius 1 is 1.36 bits per heavy atom. The summed E-state index contributed by atoms with van der Waals surface area (Å²) < 4.78 is 0. The van der Waals surface area contributed by atoms with Crippen LogP contribution in [0, 0.1) is 5.41 Å². The van der Waals surface area contributed by atoms with Crippen LogP contribution in [0.1, 0.15) is 53.4 Å². The van der Waals surface area contributed by atoms with Crippen molar-refractivity contribution in [2.45, 2.75) is 53.4 Å². The summed E-state index contributed by atoms with van der Waals surface area (Å²) in [5.74, 6) is 0. The van der Waals surface area contributed by atoms with Crippen LogP contribution < -0.4 is 0 Å². The molecule has 11 heavy (non-hydrogen) atoms. The van der Waals surface area contributed by atoms with Gasteiger partial charge >= 0.3 is 0 Å². The Labute approximate surface area is 71.7 Å². The first-order valence-corrected chi connectivity index (χ1v) is 4.62. The van der Waals surface area contributed by atoms with Crippen molar-refractivity contribution in [3.63, 3.8) is 0 Å². The summed E-state index contributed by atoms with van der Waals surface area (Å²) in [6.45, 7) is 13.0. The Balaban J connectivity index is 3.45. The van der Waals surface area contributed by atoms with Gasteiger partial charge in [0.2, 0.25) is 0 Å². The fourth-order valence-corrected chi connectivity index (χ4v) is 1.05. The number of rotatable bonds is 5. The number of hydrogen-bond acceptors (Lipinski definition) is 0. The summed E-state index contributed by atoms with van der Waals surface area (Å²) in [6.07, 6.45) is 5.11. The Bertz CT molecular complexity index is 120. The van der Waals surface area contributed by atoms with Crippen molar-refractivity contribution in [3.8, 4) is 0 Å². The summed E-state index contributed by atoms with van der Waals surface area (Å²) in [7, 11) is 0. The van der Waals surface area contributed by atoms with Crippen LogP contribution in [0.3, 0.4) is 0 Å². The van der Waals surface area contributed by atoms with Gasteiger partial charge in [-0.05, 0) is 31.6 Å². The molecule has 0 aromatic heterocycles. The quantitative estimate of drug-likeness (QED) is 0.521. The van der Waals surface area contributed by atoms with Crippen LogP contribution >= 0.6 is 0 Å². The average Bonchev–Trinajstić information content (AvgIpc) is 1.87. The number of hydrogen-bond donors (Lipinski definition) is 0. The lowest BCUT2D eigenvalue weighted by atomic mass is 9.84. The highest BCUT2D eigenvalue weighted by atomic mass is 14.2. The maximum atomic E-state index is 3.90. The lowest BCUT2D eigenvalue weighted by molar-refractivity contribution is 0.313. The zero-order valence-corrected chi connectivity index (χ0v) is 8.54. The molecule has 0 fully saturated rings. The minimum atomic E-state index is 0.537. The molecular weight excluding hydrogens is 132 g/mol. The smallest absolute Gasteiger partial charge is 0.0326 e. The molecule has 0 nitrogen and oxygen atoms in total. The minimum Gasteiger partial charge on any atom is -0.100 e. The monoisotopic (exact) mass is 154 g/mol. The van der Waals surface area contributed by atoms with Crippen LogP contribution in [0.2, 0.25) is 0 Å². The van der Waals surface area contributed by atoms with E-state index in [9.17, 15) is 0 Å². The molecular formula is C11H22. The molecule has 0 aromatic carbocycles.